The summed E-state index contributed by atoms with van der Waals surface area (Å²) in [6.07, 6.45) is -5.39. The Bertz CT molecular complexity index is 1110. The average molecular weight is 508 g/mol. The van der Waals surface area contributed by atoms with Gasteiger partial charge in [-0.2, -0.15) is 30.6 Å². The number of alkyl halides is 6. The fourth-order valence-electron chi connectivity index (χ4n) is 3.91. The van der Waals surface area contributed by atoms with E-state index < -0.39 is 38.4 Å². The number of piperidine rings is 1. The highest BCUT2D eigenvalue weighted by Crippen LogP contribution is 2.40. The van der Waals surface area contributed by atoms with Gasteiger partial charge in [0.05, 0.1) is 16.0 Å². The highest BCUT2D eigenvalue weighted by Gasteiger charge is 2.42. The monoisotopic (exact) mass is 508 g/mol. The molecule has 12 heteroatoms. The summed E-state index contributed by atoms with van der Waals surface area (Å²) >= 11 is 0. The Morgan fingerprint density at radius 1 is 0.971 bits per heavy atom. The summed E-state index contributed by atoms with van der Waals surface area (Å²) in [6.45, 7) is -0.280. The molecule has 0 aliphatic carbocycles. The van der Waals surface area contributed by atoms with Gasteiger partial charge in [0.25, 0.3) is 0 Å². The van der Waals surface area contributed by atoms with E-state index in [0.717, 1.165) is 9.87 Å². The number of carbonyl (C=O) groups excluding carboxylic acids is 1. The van der Waals surface area contributed by atoms with Crippen molar-refractivity contribution in [2.45, 2.75) is 49.4 Å². The molecule has 0 amide bonds. The minimum Gasteiger partial charge on any atom is -0.299 e. The van der Waals surface area contributed by atoms with Crippen LogP contribution in [0.4, 0.5) is 26.3 Å². The molecule has 0 unspecified atom stereocenters. The summed E-state index contributed by atoms with van der Waals surface area (Å²) in [5.74, 6) is -0.0172. The lowest BCUT2D eigenvalue weighted by Gasteiger charge is -2.32. The molecule has 2 aromatic rings. The largest absolute Gasteiger partial charge is 0.417 e. The van der Waals surface area contributed by atoms with E-state index in [-0.39, 0.29) is 55.8 Å². The summed E-state index contributed by atoms with van der Waals surface area (Å²) in [5.41, 5.74) is -2.28. The van der Waals surface area contributed by atoms with Gasteiger partial charge in [-0.05, 0) is 61.1 Å². The van der Waals surface area contributed by atoms with Crippen LogP contribution in [0.25, 0.3) is 0 Å². The van der Waals surface area contributed by atoms with Crippen molar-refractivity contribution in [3.05, 3.63) is 59.4 Å². The van der Waals surface area contributed by atoms with E-state index in [1.807, 2.05) is 0 Å². The van der Waals surface area contributed by atoms with Crippen LogP contribution >= 0.6 is 0 Å². The van der Waals surface area contributed by atoms with Gasteiger partial charge in [0, 0.05) is 38.3 Å². The molecule has 0 radical (unpaired) electrons. The molecular formula is C22H22F6N2O3S. The van der Waals surface area contributed by atoms with Gasteiger partial charge in [-0.1, -0.05) is 0 Å². The highest BCUT2D eigenvalue weighted by atomic mass is 32.2. The van der Waals surface area contributed by atoms with Gasteiger partial charge >= 0.3 is 12.4 Å². The van der Waals surface area contributed by atoms with Crippen molar-refractivity contribution in [1.82, 2.24) is 9.29 Å². The normalized spacial score (nSPS) is 16.5. The molecule has 3 rings (SSSR count). The summed E-state index contributed by atoms with van der Waals surface area (Å²) in [4.78, 5) is 14.7. The molecule has 2 heterocycles. The van der Waals surface area contributed by atoms with E-state index in [1.165, 1.54) is 0 Å². The Kier molecular flexibility index (Phi) is 7.71. The minimum atomic E-state index is -5.14. The lowest BCUT2D eigenvalue weighted by atomic mass is 9.91. The zero-order chi connectivity index (χ0) is 25.1. The van der Waals surface area contributed by atoms with E-state index in [9.17, 15) is 39.6 Å². The molecule has 0 atom stereocenters. The molecule has 1 saturated heterocycles. The third-order valence-corrected chi connectivity index (χ3v) is 7.73. The molecule has 0 bridgehead atoms. The quantitative estimate of drug-likeness (QED) is 0.488. The maximum atomic E-state index is 13.4. The van der Waals surface area contributed by atoms with Crippen LogP contribution in [-0.4, -0.2) is 36.6 Å². The molecule has 0 N–H and O–H groups in total. The number of hydrogen-bond donors (Lipinski definition) is 0. The highest BCUT2D eigenvalue weighted by molar-refractivity contribution is 7.89. The summed E-state index contributed by atoms with van der Waals surface area (Å²) in [5, 5.41) is 0. The number of ketones is 1. The second kappa shape index (κ2) is 10.0. The number of nitrogens with zero attached hydrogens (tertiary/aromatic N) is 2. The van der Waals surface area contributed by atoms with E-state index >= 15 is 0 Å². The third kappa shape index (κ3) is 6.35. The first kappa shape index (κ1) is 26.1. The molecule has 1 fully saturated rings. The number of carbonyl (C=O) groups is 1. The van der Waals surface area contributed by atoms with Crippen molar-refractivity contribution < 1.29 is 39.6 Å². The third-order valence-electron chi connectivity index (χ3n) is 5.79. The molecule has 1 aromatic heterocycles. The Morgan fingerprint density at radius 2 is 1.59 bits per heavy atom. The summed E-state index contributed by atoms with van der Waals surface area (Å²) in [6, 6.07) is 3.87. The van der Waals surface area contributed by atoms with Crippen molar-refractivity contribution in [2.75, 3.05) is 13.1 Å². The molecule has 5 nitrogen and oxygen atoms in total. The van der Waals surface area contributed by atoms with Gasteiger partial charge in [-0.25, -0.2) is 8.42 Å². The van der Waals surface area contributed by atoms with Gasteiger partial charge in [0.15, 0.2) is 0 Å². The molecule has 0 saturated carbocycles. The molecule has 34 heavy (non-hydrogen) atoms. The number of pyridine rings is 1. The lowest BCUT2D eigenvalue weighted by molar-refractivity contribution is -0.143. The number of hydrogen-bond acceptors (Lipinski definition) is 4. The van der Waals surface area contributed by atoms with Gasteiger partial charge in [0.2, 0.25) is 10.0 Å². The van der Waals surface area contributed by atoms with Gasteiger partial charge in [0.1, 0.15) is 5.78 Å². The zero-order valence-electron chi connectivity index (χ0n) is 17.9. The van der Waals surface area contributed by atoms with Gasteiger partial charge in [-0.3, -0.25) is 9.78 Å². The van der Waals surface area contributed by atoms with Crippen molar-refractivity contribution in [1.29, 1.82) is 0 Å². The van der Waals surface area contributed by atoms with Crippen LogP contribution in [0, 0.1) is 5.92 Å². The Hall–Kier alpha value is -2.47. The van der Waals surface area contributed by atoms with Gasteiger partial charge in [-0.15, -0.1) is 0 Å². The van der Waals surface area contributed by atoms with Crippen LogP contribution in [-0.2, 0) is 33.6 Å². The molecule has 1 aromatic carbocycles. The number of halogens is 6. The molecule has 1 aliphatic rings. The van der Waals surface area contributed by atoms with E-state index in [0.29, 0.717) is 19.3 Å². The number of sulfonamides is 1. The fourth-order valence-corrected chi connectivity index (χ4v) is 5.61. The Morgan fingerprint density at radius 3 is 2.15 bits per heavy atom. The number of rotatable bonds is 7. The van der Waals surface area contributed by atoms with Crippen LogP contribution in [0.15, 0.2) is 47.6 Å². The summed E-state index contributed by atoms with van der Waals surface area (Å²) in [7, 11) is -4.81. The molecular weight excluding hydrogens is 486 g/mol. The smallest absolute Gasteiger partial charge is 0.299 e. The number of aromatic nitrogens is 1. The topological polar surface area (TPSA) is 67.3 Å². The van der Waals surface area contributed by atoms with Crippen LogP contribution in [0.2, 0.25) is 0 Å². The Balaban J connectivity index is 1.67. The SMILES string of the molecule is O=C(CCC1CCN(S(=O)(=O)c2cc(C(F)(F)F)ccc2C(F)(F)F)CC1)Cc1ccncc1. The van der Waals surface area contributed by atoms with Crippen LogP contribution in [0.1, 0.15) is 42.4 Å². The minimum absolute atomic E-state index is 0.0000331. The standard InChI is InChI=1S/C22H22F6N2O3S/c23-21(24,25)17-2-4-19(22(26,27)28)20(14-17)34(32,33)30-11-7-15(8-12-30)1-3-18(31)13-16-5-9-29-10-6-16/h2,4-6,9-10,14-15H,1,3,7-8,11-13H2. The maximum absolute atomic E-state index is 13.4. The second-order valence-corrected chi connectivity index (χ2v) is 10.1. The van der Waals surface area contributed by atoms with E-state index in [1.54, 1.807) is 24.5 Å². The maximum Gasteiger partial charge on any atom is 0.417 e. The predicted molar refractivity (Wildman–Crippen MR) is 110 cm³/mol. The van der Waals surface area contributed by atoms with Crippen molar-refractivity contribution in [2.24, 2.45) is 5.92 Å². The summed E-state index contributed by atoms with van der Waals surface area (Å²) < 4.78 is 106. The predicted octanol–water partition coefficient (Wildman–Crippen LogP) is 5.11. The zero-order valence-corrected chi connectivity index (χ0v) is 18.7. The fraction of sp³-hybridized carbons (Fsp3) is 0.455. The number of Topliss-reactive ketones (excluding diaryl/α,β-unsaturated/α-hetero) is 1. The molecule has 0 spiro atoms. The van der Waals surface area contributed by atoms with Crippen LogP contribution in [0.5, 0.6) is 0 Å². The first-order valence-corrected chi connectivity index (χ1v) is 11.9. The first-order chi connectivity index (χ1) is 15.8. The van der Waals surface area contributed by atoms with Crippen molar-refractivity contribution in [3.8, 4) is 0 Å². The molecule has 1 aliphatic heterocycles. The Labute approximate surface area is 192 Å². The average Bonchev–Trinajstić information content (AvgIpc) is 2.77. The van der Waals surface area contributed by atoms with Crippen molar-refractivity contribution >= 4 is 15.8 Å². The molecule has 186 valence electrons. The van der Waals surface area contributed by atoms with E-state index in [4.69, 9.17) is 0 Å². The lowest BCUT2D eigenvalue weighted by Crippen LogP contribution is -2.39. The van der Waals surface area contributed by atoms with Gasteiger partial charge < -0.3 is 0 Å². The second-order valence-electron chi connectivity index (χ2n) is 8.16. The van der Waals surface area contributed by atoms with E-state index in [2.05, 4.69) is 4.98 Å². The number of benzene rings is 1. The van der Waals surface area contributed by atoms with Crippen LogP contribution in [0.3, 0.4) is 0 Å². The van der Waals surface area contributed by atoms with Crippen molar-refractivity contribution in [3.63, 3.8) is 0 Å². The van der Waals surface area contributed by atoms with Crippen LogP contribution < -0.4 is 0 Å². The first-order valence-electron chi connectivity index (χ1n) is 10.5.